The maximum Gasteiger partial charge on any atom is 0.323 e. The van der Waals surface area contributed by atoms with E-state index in [0.717, 1.165) is 24.2 Å². The summed E-state index contributed by atoms with van der Waals surface area (Å²) in [5, 5.41) is 8.56. The van der Waals surface area contributed by atoms with Crippen molar-refractivity contribution in [1.82, 2.24) is 9.80 Å². The van der Waals surface area contributed by atoms with Crippen molar-refractivity contribution in [2.75, 3.05) is 26.7 Å². The van der Waals surface area contributed by atoms with E-state index in [1.807, 2.05) is 0 Å². The van der Waals surface area contributed by atoms with Gasteiger partial charge >= 0.3 is 5.97 Å². The van der Waals surface area contributed by atoms with Gasteiger partial charge in [0.25, 0.3) is 0 Å². The molecule has 1 N–H and O–H groups in total. The zero-order valence-electron chi connectivity index (χ0n) is 10.0. The number of hydrogen-bond donors (Lipinski definition) is 1. The van der Waals surface area contributed by atoms with Crippen LogP contribution in [0, 0.1) is 0 Å². The molecule has 96 valence electrons. The van der Waals surface area contributed by atoms with Crippen LogP contribution in [0.2, 0.25) is 0 Å². The summed E-state index contributed by atoms with van der Waals surface area (Å²) in [5.74, 6) is -1.40. The predicted octanol–water partition coefficient (Wildman–Crippen LogP) is -0.0680. The second-order valence-electron chi connectivity index (χ2n) is 4.27. The first-order valence-corrected chi connectivity index (χ1v) is 5.74. The van der Waals surface area contributed by atoms with Crippen molar-refractivity contribution < 1.29 is 19.5 Å². The third kappa shape index (κ3) is 4.42. The summed E-state index contributed by atoms with van der Waals surface area (Å²) in [7, 11) is 1.43. The molecule has 6 nitrogen and oxygen atoms in total. The summed E-state index contributed by atoms with van der Waals surface area (Å²) in [5.41, 5.74) is 0. The molecule has 0 spiro atoms. The van der Waals surface area contributed by atoms with Crippen LogP contribution in [0.4, 0.5) is 0 Å². The average Bonchev–Trinajstić information content (AvgIpc) is 2.43. The highest BCUT2D eigenvalue weighted by atomic mass is 16.4. The normalized spacial score (nSPS) is 16.5. The standard InChI is InChI=1S/C11H18N2O4/c1-12(8-11(16)17)10(15)7-13-6-4-2-3-5-9(13)14/h2-8H2,1H3,(H,16,17). The Morgan fingerprint density at radius 3 is 2.71 bits per heavy atom. The molecule has 0 unspecified atom stereocenters. The van der Waals surface area contributed by atoms with Crippen molar-refractivity contribution in [3.05, 3.63) is 0 Å². The number of carbonyl (C=O) groups excluding carboxylic acids is 2. The molecule has 0 saturated carbocycles. The predicted molar refractivity (Wildman–Crippen MR) is 60.3 cm³/mol. The molecule has 0 bridgehead atoms. The molecule has 0 aromatic rings. The number of carbonyl (C=O) groups is 3. The van der Waals surface area contributed by atoms with Crippen LogP contribution in [0.25, 0.3) is 0 Å². The molecule has 6 heteroatoms. The smallest absolute Gasteiger partial charge is 0.323 e. The third-order valence-corrected chi connectivity index (χ3v) is 2.80. The van der Waals surface area contributed by atoms with Gasteiger partial charge in [-0.05, 0) is 12.8 Å². The number of nitrogens with zero attached hydrogens (tertiary/aromatic N) is 2. The Kier molecular flexibility index (Phi) is 4.93. The Bertz CT molecular complexity index is 317. The van der Waals surface area contributed by atoms with E-state index in [2.05, 4.69) is 0 Å². The van der Waals surface area contributed by atoms with Gasteiger partial charge < -0.3 is 14.9 Å². The van der Waals surface area contributed by atoms with E-state index in [9.17, 15) is 14.4 Å². The molecule has 1 fully saturated rings. The van der Waals surface area contributed by atoms with Crippen molar-refractivity contribution in [2.45, 2.75) is 25.7 Å². The van der Waals surface area contributed by atoms with Crippen molar-refractivity contribution in [2.24, 2.45) is 0 Å². The fraction of sp³-hybridized carbons (Fsp3) is 0.727. The Balaban J connectivity index is 2.48. The molecule has 1 saturated heterocycles. The van der Waals surface area contributed by atoms with Crippen LogP contribution in [-0.4, -0.2) is 59.4 Å². The molecule has 1 aliphatic rings. The summed E-state index contributed by atoms with van der Waals surface area (Å²) in [6.07, 6.45) is 3.26. The van der Waals surface area contributed by atoms with E-state index in [1.54, 1.807) is 0 Å². The summed E-state index contributed by atoms with van der Waals surface area (Å²) in [6, 6.07) is 0. The largest absolute Gasteiger partial charge is 0.480 e. The number of rotatable bonds is 4. The SMILES string of the molecule is CN(CC(=O)O)C(=O)CN1CCCCCC1=O. The van der Waals surface area contributed by atoms with Crippen molar-refractivity contribution >= 4 is 17.8 Å². The van der Waals surface area contributed by atoms with E-state index < -0.39 is 5.97 Å². The number of likely N-dealkylation sites (N-methyl/N-ethyl adjacent to an activating group) is 1. The van der Waals surface area contributed by atoms with E-state index in [4.69, 9.17) is 5.11 Å². The molecular weight excluding hydrogens is 224 g/mol. The van der Waals surface area contributed by atoms with Gasteiger partial charge in [0.2, 0.25) is 11.8 Å². The number of aliphatic carboxylic acids is 1. The van der Waals surface area contributed by atoms with Gasteiger partial charge in [0.1, 0.15) is 6.54 Å². The van der Waals surface area contributed by atoms with E-state index in [1.165, 1.54) is 11.9 Å². The lowest BCUT2D eigenvalue weighted by Gasteiger charge is -2.23. The van der Waals surface area contributed by atoms with Crippen LogP contribution in [-0.2, 0) is 14.4 Å². The summed E-state index contributed by atoms with van der Waals surface area (Å²) < 4.78 is 0. The van der Waals surface area contributed by atoms with Gasteiger partial charge in [-0.3, -0.25) is 14.4 Å². The molecule has 1 rings (SSSR count). The summed E-state index contributed by atoms with van der Waals surface area (Å²) in [4.78, 5) is 36.4. The Labute approximate surface area is 100 Å². The topological polar surface area (TPSA) is 77.9 Å². The molecule has 17 heavy (non-hydrogen) atoms. The Hall–Kier alpha value is -1.59. The van der Waals surface area contributed by atoms with Crippen LogP contribution in [0.5, 0.6) is 0 Å². The maximum atomic E-state index is 11.7. The Morgan fingerprint density at radius 2 is 2.06 bits per heavy atom. The third-order valence-electron chi connectivity index (χ3n) is 2.80. The highest BCUT2D eigenvalue weighted by molar-refractivity contribution is 5.86. The van der Waals surface area contributed by atoms with Gasteiger partial charge in [-0.2, -0.15) is 0 Å². The van der Waals surface area contributed by atoms with Gasteiger partial charge in [0.05, 0.1) is 6.54 Å². The quantitative estimate of drug-likeness (QED) is 0.748. The van der Waals surface area contributed by atoms with Crippen LogP contribution >= 0.6 is 0 Å². The molecule has 0 radical (unpaired) electrons. The molecule has 0 atom stereocenters. The first kappa shape index (κ1) is 13.5. The number of amides is 2. The zero-order chi connectivity index (χ0) is 12.8. The fourth-order valence-corrected chi connectivity index (χ4v) is 1.78. The van der Waals surface area contributed by atoms with Gasteiger partial charge in [-0.15, -0.1) is 0 Å². The maximum absolute atomic E-state index is 11.7. The molecule has 2 amide bonds. The lowest BCUT2D eigenvalue weighted by atomic mass is 10.2. The molecule has 1 heterocycles. The van der Waals surface area contributed by atoms with Crippen LogP contribution in [0.15, 0.2) is 0 Å². The van der Waals surface area contributed by atoms with Gasteiger partial charge in [0.15, 0.2) is 0 Å². The Morgan fingerprint density at radius 1 is 1.35 bits per heavy atom. The first-order valence-electron chi connectivity index (χ1n) is 5.74. The second-order valence-corrected chi connectivity index (χ2v) is 4.27. The van der Waals surface area contributed by atoms with Crippen molar-refractivity contribution in [1.29, 1.82) is 0 Å². The van der Waals surface area contributed by atoms with E-state index in [-0.39, 0.29) is 24.9 Å². The molecular formula is C11H18N2O4. The molecule has 0 aromatic carbocycles. The van der Waals surface area contributed by atoms with Gasteiger partial charge in [-0.25, -0.2) is 0 Å². The van der Waals surface area contributed by atoms with Crippen LogP contribution in [0.1, 0.15) is 25.7 Å². The monoisotopic (exact) mass is 242 g/mol. The minimum absolute atomic E-state index is 0.0113. The number of carboxylic acids is 1. The second kappa shape index (κ2) is 6.22. The van der Waals surface area contributed by atoms with Crippen molar-refractivity contribution in [3.8, 4) is 0 Å². The summed E-state index contributed by atoms with van der Waals surface area (Å²) in [6.45, 7) is 0.245. The first-order chi connectivity index (χ1) is 8.00. The minimum atomic E-state index is -1.05. The highest BCUT2D eigenvalue weighted by Crippen LogP contribution is 2.10. The summed E-state index contributed by atoms with van der Waals surface area (Å²) >= 11 is 0. The van der Waals surface area contributed by atoms with E-state index in [0.29, 0.717) is 13.0 Å². The number of carboxylic acid groups (broad SMARTS) is 1. The molecule has 1 aliphatic heterocycles. The zero-order valence-corrected chi connectivity index (χ0v) is 10.0. The van der Waals surface area contributed by atoms with Crippen LogP contribution < -0.4 is 0 Å². The van der Waals surface area contributed by atoms with Gasteiger partial charge in [-0.1, -0.05) is 6.42 Å². The van der Waals surface area contributed by atoms with Crippen LogP contribution in [0.3, 0.4) is 0 Å². The van der Waals surface area contributed by atoms with E-state index >= 15 is 0 Å². The lowest BCUT2D eigenvalue weighted by molar-refractivity contribution is -0.145. The average molecular weight is 242 g/mol. The minimum Gasteiger partial charge on any atom is -0.480 e. The lowest BCUT2D eigenvalue weighted by Crippen LogP contribution is -2.42. The molecule has 0 aromatic heterocycles. The molecule has 0 aliphatic carbocycles. The van der Waals surface area contributed by atoms with Crippen molar-refractivity contribution in [3.63, 3.8) is 0 Å². The number of likely N-dealkylation sites (tertiary alicyclic amines) is 1. The fourth-order valence-electron chi connectivity index (χ4n) is 1.78. The van der Waals surface area contributed by atoms with Gasteiger partial charge in [0, 0.05) is 20.0 Å². The highest BCUT2D eigenvalue weighted by Gasteiger charge is 2.21. The number of hydrogen-bond acceptors (Lipinski definition) is 3.